The number of nitro groups is 1. The number of carbonyl (C=O) groups is 1. The molecule has 0 saturated carbocycles. The summed E-state index contributed by atoms with van der Waals surface area (Å²) in [6.07, 6.45) is -2.95. The number of hydrogen-bond donors (Lipinski definition) is 0. The van der Waals surface area contributed by atoms with Crippen LogP contribution in [0.25, 0.3) is 0 Å². The Morgan fingerprint density at radius 2 is 1.53 bits per heavy atom. The van der Waals surface area contributed by atoms with Gasteiger partial charge in [0.15, 0.2) is 0 Å². The van der Waals surface area contributed by atoms with Crippen molar-refractivity contribution in [2.45, 2.75) is 6.18 Å². The van der Waals surface area contributed by atoms with Crippen LogP contribution in [-0.4, -0.2) is 17.1 Å². The average Bonchev–Trinajstić information content (AvgIpc) is 2.73. The van der Waals surface area contributed by atoms with Crippen molar-refractivity contribution in [3.05, 3.63) is 99.6 Å². The lowest BCUT2D eigenvalue weighted by atomic mass is 10.1. The van der Waals surface area contributed by atoms with Gasteiger partial charge in [-0.3, -0.25) is 15.1 Å². The standard InChI is InChI=1S/C21H13F3N2O4/c22-21(23,24)16-5-3-15(4-6-16)20(27)30-19-11-1-14(2-12-19)13-25-17-7-9-18(10-8-17)26(28)29/h1-13H. The predicted molar refractivity (Wildman–Crippen MR) is 103 cm³/mol. The first-order chi connectivity index (χ1) is 14.2. The van der Waals surface area contributed by atoms with Crippen molar-refractivity contribution in [2.24, 2.45) is 4.99 Å². The normalized spacial score (nSPS) is 11.4. The maximum absolute atomic E-state index is 12.6. The van der Waals surface area contributed by atoms with Gasteiger partial charge in [-0.15, -0.1) is 0 Å². The quantitative estimate of drug-likeness (QED) is 0.179. The first-order valence-corrected chi connectivity index (χ1v) is 8.50. The predicted octanol–water partition coefficient (Wildman–Crippen LogP) is 5.58. The number of esters is 1. The summed E-state index contributed by atoms with van der Waals surface area (Å²) in [5.41, 5.74) is 0.316. The lowest BCUT2D eigenvalue weighted by Gasteiger charge is -2.08. The van der Waals surface area contributed by atoms with Gasteiger partial charge in [0.2, 0.25) is 0 Å². The van der Waals surface area contributed by atoms with Crippen LogP contribution in [0.2, 0.25) is 0 Å². The van der Waals surface area contributed by atoms with Crippen molar-refractivity contribution >= 4 is 23.6 Å². The molecule has 0 spiro atoms. The van der Waals surface area contributed by atoms with Crippen LogP contribution in [0.4, 0.5) is 24.5 Å². The molecule has 0 unspecified atom stereocenters. The monoisotopic (exact) mass is 414 g/mol. The molecule has 0 aliphatic carbocycles. The van der Waals surface area contributed by atoms with E-state index in [1.165, 1.54) is 42.6 Å². The fraction of sp³-hybridized carbons (Fsp3) is 0.0476. The van der Waals surface area contributed by atoms with Gasteiger partial charge in [-0.05, 0) is 66.2 Å². The fourth-order valence-corrected chi connectivity index (χ4v) is 2.39. The lowest BCUT2D eigenvalue weighted by Crippen LogP contribution is -2.10. The summed E-state index contributed by atoms with van der Waals surface area (Å²) in [5.74, 6) is -0.566. The van der Waals surface area contributed by atoms with Crippen LogP contribution in [0.5, 0.6) is 5.75 Å². The van der Waals surface area contributed by atoms with Gasteiger partial charge in [0.05, 0.1) is 21.7 Å². The number of ether oxygens (including phenoxy) is 1. The van der Waals surface area contributed by atoms with E-state index in [9.17, 15) is 28.1 Å². The Balaban J connectivity index is 1.62. The molecule has 9 heteroatoms. The van der Waals surface area contributed by atoms with Crippen molar-refractivity contribution in [1.29, 1.82) is 0 Å². The number of halogens is 3. The Morgan fingerprint density at radius 3 is 2.07 bits per heavy atom. The van der Waals surface area contributed by atoms with Gasteiger partial charge in [0, 0.05) is 18.3 Å². The van der Waals surface area contributed by atoms with E-state index in [0.29, 0.717) is 11.3 Å². The van der Waals surface area contributed by atoms with Crippen molar-refractivity contribution in [1.82, 2.24) is 0 Å². The third kappa shape index (κ3) is 5.28. The molecule has 0 bridgehead atoms. The average molecular weight is 414 g/mol. The van der Waals surface area contributed by atoms with Gasteiger partial charge in [-0.2, -0.15) is 13.2 Å². The van der Waals surface area contributed by atoms with Gasteiger partial charge >= 0.3 is 12.1 Å². The van der Waals surface area contributed by atoms with E-state index in [4.69, 9.17) is 4.74 Å². The van der Waals surface area contributed by atoms with Gasteiger partial charge in [-0.25, -0.2) is 4.79 Å². The highest BCUT2D eigenvalue weighted by Crippen LogP contribution is 2.29. The number of nitrogens with zero attached hydrogens (tertiary/aromatic N) is 2. The summed E-state index contributed by atoms with van der Waals surface area (Å²) in [6.45, 7) is 0. The molecule has 6 nitrogen and oxygen atoms in total. The number of carbonyl (C=O) groups excluding carboxylic acids is 1. The minimum atomic E-state index is -4.48. The van der Waals surface area contributed by atoms with E-state index in [0.717, 1.165) is 24.3 Å². The van der Waals surface area contributed by atoms with Gasteiger partial charge < -0.3 is 4.74 Å². The van der Waals surface area contributed by atoms with Crippen molar-refractivity contribution in [3.63, 3.8) is 0 Å². The molecule has 30 heavy (non-hydrogen) atoms. The van der Waals surface area contributed by atoms with E-state index in [2.05, 4.69) is 4.99 Å². The van der Waals surface area contributed by atoms with Crippen LogP contribution in [0, 0.1) is 10.1 Å². The summed E-state index contributed by atoms with van der Waals surface area (Å²) >= 11 is 0. The Morgan fingerprint density at radius 1 is 0.933 bits per heavy atom. The zero-order valence-corrected chi connectivity index (χ0v) is 15.2. The topological polar surface area (TPSA) is 81.8 Å². The number of alkyl halides is 3. The van der Waals surface area contributed by atoms with Crippen LogP contribution < -0.4 is 4.74 Å². The van der Waals surface area contributed by atoms with Crippen LogP contribution >= 0.6 is 0 Å². The second-order valence-corrected chi connectivity index (χ2v) is 6.07. The summed E-state index contributed by atoms with van der Waals surface area (Å²) in [6, 6.07) is 15.7. The minimum Gasteiger partial charge on any atom is -0.423 e. The molecular weight excluding hydrogens is 401 g/mol. The Bertz CT molecular complexity index is 1080. The van der Waals surface area contributed by atoms with Crippen LogP contribution in [0.3, 0.4) is 0 Å². The molecule has 0 fully saturated rings. The van der Waals surface area contributed by atoms with E-state index >= 15 is 0 Å². The Labute approximate surface area is 168 Å². The first kappa shape index (κ1) is 20.7. The summed E-state index contributed by atoms with van der Waals surface area (Å²) < 4.78 is 42.9. The highest BCUT2D eigenvalue weighted by atomic mass is 19.4. The molecule has 0 aromatic heterocycles. The molecule has 152 valence electrons. The van der Waals surface area contributed by atoms with Crippen LogP contribution in [-0.2, 0) is 6.18 Å². The van der Waals surface area contributed by atoms with E-state index in [1.807, 2.05) is 0 Å². The second-order valence-electron chi connectivity index (χ2n) is 6.07. The van der Waals surface area contributed by atoms with E-state index in [-0.39, 0.29) is 17.0 Å². The molecule has 0 atom stereocenters. The van der Waals surface area contributed by atoms with Crippen molar-refractivity contribution < 1.29 is 27.6 Å². The number of non-ortho nitro benzene ring substituents is 1. The molecule has 0 aliphatic heterocycles. The lowest BCUT2D eigenvalue weighted by molar-refractivity contribution is -0.384. The molecule has 0 N–H and O–H groups in total. The van der Waals surface area contributed by atoms with E-state index in [1.54, 1.807) is 12.1 Å². The van der Waals surface area contributed by atoms with Gasteiger partial charge in [0.1, 0.15) is 5.75 Å². The number of hydrogen-bond acceptors (Lipinski definition) is 5. The number of aliphatic imine (C=N–C) groups is 1. The number of rotatable bonds is 5. The second kappa shape index (κ2) is 8.56. The van der Waals surface area contributed by atoms with Gasteiger partial charge in [0.25, 0.3) is 5.69 Å². The number of nitro benzene ring substituents is 1. The summed E-state index contributed by atoms with van der Waals surface area (Å²) in [7, 11) is 0. The number of benzene rings is 3. The molecule has 3 aromatic rings. The Hall–Kier alpha value is -4.01. The SMILES string of the molecule is O=C(Oc1ccc(C=Nc2ccc([N+](=O)[O-])cc2)cc1)c1ccc(C(F)(F)F)cc1. The maximum atomic E-state index is 12.6. The minimum absolute atomic E-state index is 0.00758. The summed E-state index contributed by atoms with van der Waals surface area (Å²) in [5, 5.41) is 10.6. The molecule has 0 aliphatic rings. The van der Waals surface area contributed by atoms with Crippen LogP contribution in [0.1, 0.15) is 21.5 Å². The maximum Gasteiger partial charge on any atom is 0.416 e. The third-order valence-corrected chi connectivity index (χ3v) is 3.96. The highest BCUT2D eigenvalue weighted by Gasteiger charge is 2.30. The molecule has 0 radical (unpaired) electrons. The molecule has 0 heterocycles. The van der Waals surface area contributed by atoms with Crippen LogP contribution in [0.15, 0.2) is 77.8 Å². The molecule has 0 saturated heterocycles. The zero-order valence-electron chi connectivity index (χ0n) is 15.2. The highest BCUT2D eigenvalue weighted by molar-refractivity contribution is 5.91. The zero-order chi connectivity index (χ0) is 21.7. The van der Waals surface area contributed by atoms with Crippen molar-refractivity contribution in [3.8, 4) is 5.75 Å². The van der Waals surface area contributed by atoms with Crippen molar-refractivity contribution in [2.75, 3.05) is 0 Å². The third-order valence-electron chi connectivity index (χ3n) is 3.96. The largest absolute Gasteiger partial charge is 0.423 e. The molecule has 3 rings (SSSR count). The smallest absolute Gasteiger partial charge is 0.416 e. The Kier molecular flexibility index (Phi) is 5.91. The van der Waals surface area contributed by atoms with Gasteiger partial charge in [-0.1, -0.05) is 0 Å². The van der Waals surface area contributed by atoms with E-state index < -0.39 is 22.6 Å². The first-order valence-electron chi connectivity index (χ1n) is 8.50. The fourth-order valence-electron chi connectivity index (χ4n) is 2.39. The summed E-state index contributed by atoms with van der Waals surface area (Å²) in [4.78, 5) is 26.4. The molecule has 0 amide bonds. The molecule has 3 aromatic carbocycles. The molecular formula is C21H13F3N2O4.